The number of piperazine rings is 1. The average Bonchev–Trinajstić information content (AvgIpc) is 2.80. The third-order valence-corrected chi connectivity index (χ3v) is 6.43. The van der Waals surface area contributed by atoms with Gasteiger partial charge in [0.1, 0.15) is 11.6 Å². The predicted octanol–water partition coefficient (Wildman–Crippen LogP) is 4.19. The van der Waals surface area contributed by atoms with Crippen LogP contribution in [0.25, 0.3) is 22.0 Å². The van der Waals surface area contributed by atoms with E-state index in [-0.39, 0.29) is 0 Å². The summed E-state index contributed by atoms with van der Waals surface area (Å²) in [6.07, 6.45) is 12.2. The Morgan fingerprint density at radius 2 is 1.80 bits per heavy atom. The highest BCUT2D eigenvalue weighted by molar-refractivity contribution is 5.94. The van der Waals surface area contributed by atoms with Gasteiger partial charge in [-0.3, -0.25) is 4.98 Å². The van der Waals surface area contributed by atoms with E-state index in [0.717, 1.165) is 54.5 Å². The van der Waals surface area contributed by atoms with Crippen LogP contribution in [-0.2, 0) is 0 Å². The van der Waals surface area contributed by atoms with Crippen molar-refractivity contribution in [2.75, 3.05) is 43.4 Å². The second kappa shape index (κ2) is 8.56. The molecule has 1 N–H and O–H groups in total. The smallest absolute Gasteiger partial charge is 0.137 e. The third kappa shape index (κ3) is 4.10. The van der Waals surface area contributed by atoms with Crippen molar-refractivity contribution >= 4 is 22.4 Å². The summed E-state index contributed by atoms with van der Waals surface area (Å²) in [5.41, 5.74) is 2.09. The lowest BCUT2D eigenvalue weighted by atomic mass is 9.95. The Morgan fingerprint density at radius 1 is 0.967 bits per heavy atom. The summed E-state index contributed by atoms with van der Waals surface area (Å²) in [6.45, 7) is 4.11. The van der Waals surface area contributed by atoms with E-state index >= 15 is 0 Å². The number of hydrogen-bond acceptors (Lipinski definition) is 6. The summed E-state index contributed by atoms with van der Waals surface area (Å²) < 4.78 is 0. The minimum absolute atomic E-state index is 0.538. The van der Waals surface area contributed by atoms with Gasteiger partial charge in [0, 0.05) is 67.1 Å². The molecule has 1 saturated carbocycles. The number of pyridine rings is 3. The quantitative estimate of drug-likeness (QED) is 0.706. The number of anilines is 2. The molecule has 1 aliphatic heterocycles. The van der Waals surface area contributed by atoms with Crippen LogP contribution < -0.4 is 10.2 Å². The molecule has 0 spiro atoms. The molecule has 2 aliphatic rings. The zero-order valence-corrected chi connectivity index (χ0v) is 17.7. The summed E-state index contributed by atoms with van der Waals surface area (Å²) in [5.74, 6) is 2.02. The predicted molar refractivity (Wildman–Crippen MR) is 123 cm³/mol. The highest BCUT2D eigenvalue weighted by atomic mass is 15.3. The van der Waals surface area contributed by atoms with Crippen molar-refractivity contribution in [2.24, 2.45) is 0 Å². The summed E-state index contributed by atoms with van der Waals surface area (Å²) in [6, 6.07) is 8.98. The Bertz CT molecular complexity index is 1010. The number of nitrogens with one attached hydrogen (secondary N) is 1. The molecule has 0 aromatic carbocycles. The normalized spacial score (nSPS) is 18.6. The Morgan fingerprint density at radius 3 is 2.63 bits per heavy atom. The van der Waals surface area contributed by atoms with Crippen LogP contribution in [0, 0.1) is 0 Å². The zero-order chi connectivity index (χ0) is 20.3. The lowest BCUT2D eigenvalue weighted by Crippen LogP contribution is -2.44. The maximum Gasteiger partial charge on any atom is 0.137 e. The molecule has 0 unspecified atom stereocenters. The summed E-state index contributed by atoms with van der Waals surface area (Å²) in [5, 5.41) is 5.95. The fourth-order valence-corrected chi connectivity index (χ4v) is 4.61. The fourth-order valence-electron chi connectivity index (χ4n) is 4.61. The standard InChI is InChI=1S/C24H30N6/c1-29-11-13-30(14-12-29)24-21-8-9-25-17-19(21)15-22(28-24)18-7-10-26-23(16-18)27-20-5-3-2-4-6-20/h7-10,15-17,20H,2-6,11-14H2,1H3,(H,26,27). The van der Waals surface area contributed by atoms with E-state index in [1.165, 1.54) is 37.5 Å². The van der Waals surface area contributed by atoms with Crippen LogP contribution in [0.15, 0.2) is 42.9 Å². The Balaban J connectivity index is 1.49. The van der Waals surface area contributed by atoms with Crippen molar-refractivity contribution in [3.63, 3.8) is 0 Å². The van der Waals surface area contributed by atoms with Gasteiger partial charge >= 0.3 is 0 Å². The van der Waals surface area contributed by atoms with Gasteiger partial charge in [-0.05, 0) is 44.2 Å². The van der Waals surface area contributed by atoms with Crippen LogP contribution in [0.3, 0.4) is 0 Å². The topological polar surface area (TPSA) is 57.2 Å². The van der Waals surface area contributed by atoms with Gasteiger partial charge < -0.3 is 15.1 Å². The van der Waals surface area contributed by atoms with Crippen molar-refractivity contribution in [2.45, 2.75) is 38.1 Å². The van der Waals surface area contributed by atoms with Crippen LogP contribution >= 0.6 is 0 Å². The molecule has 1 aliphatic carbocycles. The summed E-state index contributed by atoms with van der Waals surface area (Å²) in [4.78, 5) is 18.9. The summed E-state index contributed by atoms with van der Waals surface area (Å²) >= 11 is 0. The van der Waals surface area contributed by atoms with Crippen LogP contribution in [0.4, 0.5) is 11.6 Å². The molecule has 0 bridgehead atoms. The molecule has 5 rings (SSSR count). The molecule has 1 saturated heterocycles. The highest BCUT2D eigenvalue weighted by Gasteiger charge is 2.19. The lowest BCUT2D eigenvalue weighted by molar-refractivity contribution is 0.312. The first kappa shape index (κ1) is 19.2. The van der Waals surface area contributed by atoms with Gasteiger partial charge in [0.25, 0.3) is 0 Å². The zero-order valence-electron chi connectivity index (χ0n) is 17.7. The monoisotopic (exact) mass is 402 g/mol. The highest BCUT2D eigenvalue weighted by Crippen LogP contribution is 2.31. The lowest BCUT2D eigenvalue weighted by Gasteiger charge is -2.34. The molecule has 6 heteroatoms. The molecular weight excluding hydrogens is 372 g/mol. The van der Waals surface area contributed by atoms with Gasteiger partial charge in [0.05, 0.1) is 5.69 Å². The van der Waals surface area contributed by atoms with Gasteiger partial charge in [-0.15, -0.1) is 0 Å². The average molecular weight is 403 g/mol. The van der Waals surface area contributed by atoms with Crippen molar-refractivity contribution < 1.29 is 0 Å². The Labute approximate surface area is 178 Å². The van der Waals surface area contributed by atoms with Crippen molar-refractivity contribution in [1.82, 2.24) is 19.9 Å². The van der Waals surface area contributed by atoms with Crippen molar-refractivity contribution in [3.8, 4) is 11.3 Å². The van der Waals surface area contributed by atoms with E-state index < -0.39 is 0 Å². The van der Waals surface area contributed by atoms with Gasteiger partial charge in [0.2, 0.25) is 0 Å². The molecule has 0 atom stereocenters. The van der Waals surface area contributed by atoms with Crippen molar-refractivity contribution in [3.05, 3.63) is 42.9 Å². The van der Waals surface area contributed by atoms with Gasteiger partial charge in [-0.2, -0.15) is 0 Å². The van der Waals surface area contributed by atoms with Gasteiger partial charge in [-0.1, -0.05) is 19.3 Å². The third-order valence-electron chi connectivity index (χ3n) is 6.43. The molecule has 6 nitrogen and oxygen atoms in total. The minimum atomic E-state index is 0.538. The van der Waals surface area contributed by atoms with Crippen LogP contribution in [0.5, 0.6) is 0 Å². The molecule has 3 aromatic heterocycles. The SMILES string of the molecule is CN1CCN(c2nc(-c3ccnc(NC4CCCCC4)c3)cc3cnccc23)CC1. The Kier molecular flexibility index (Phi) is 5.49. The van der Waals surface area contributed by atoms with Crippen molar-refractivity contribution in [1.29, 1.82) is 0 Å². The van der Waals surface area contributed by atoms with E-state index in [0.29, 0.717) is 6.04 Å². The number of fused-ring (bicyclic) bond motifs is 1. The first-order valence-electron chi connectivity index (χ1n) is 11.2. The fraction of sp³-hybridized carbons (Fsp3) is 0.458. The first-order valence-corrected chi connectivity index (χ1v) is 11.2. The first-order chi connectivity index (χ1) is 14.8. The molecular formula is C24H30N6. The maximum absolute atomic E-state index is 5.13. The number of nitrogens with zero attached hydrogens (tertiary/aromatic N) is 5. The maximum atomic E-state index is 5.13. The number of aromatic nitrogens is 3. The Hall–Kier alpha value is -2.73. The number of hydrogen-bond donors (Lipinski definition) is 1. The van der Waals surface area contributed by atoms with Gasteiger partial charge in [0.15, 0.2) is 0 Å². The molecule has 156 valence electrons. The van der Waals surface area contributed by atoms with Crippen LogP contribution in [-0.4, -0.2) is 59.1 Å². The molecule has 4 heterocycles. The number of rotatable bonds is 4. The van der Waals surface area contributed by atoms with E-state index in [1.807, 2.05) is 18.6 Å². The second-order valence-corrected chi connectivity index (χ2v) is 8.63. The van der Waals surface area contributed by atoms with E-state index in [4.69, 9.17) is 4.98 Å². The molecule has 0 radical (unpaired) electrons. The molecule has 0 amide bonds. The van der Waals surface area contributed by atoms with Crippen LogP contribution in [0.2, 0.25) is 0 Å². The molecule has 2 fully saturated rings. The summed E-state index contributed by atoms with van der Waals surface area (Å²) in [7, 11) is 2.18. The number of likely N-dealkylation sites (N-methyl/N-ethyl adjacent to an activating group) is 1. The van der Waals surface area contributed by atoms with E-state index in [1.54, 1.807) is 0 Å². The largest absolute Gasteiger partial charge is 0.367 e. The van der Waals surface area contributed by atoms with E-state index in [9.17, 15) is 0 Å². The second-order valence-electron chi connectivity index (χ2n) is 8.63. The van der Waals surface area contributed by atoms with Crippen LogP contribution in [0.1, 0.15) is 32.1 Å². The molecule has 30 heavy (non-hydrogen) atoms. The minimum Gasteiger partial charge on any atom is -0.367 e. The van der Waals surface area contributed by atoms with Gasteiger partial charge in [-0.25, -0.2) is 9.97 Å². The molecule has 3 aromatic rings. The van der Waals surface area contributed by atoms with E-state index in [2.05, 4.69) is 56.4 Å².